The predicted molar refractivity (Wildman–Crippen MR) is 85.3 cm³/mol. The van der Waals surface area contributed by atoms with Crippen molar-refractivity contribution in [2.75, 3.05) is 33.5 Å². The van der Waals surface area contributed by atoms with E-state index in [0.29, 0.717) is 38.5 Å². The Morgan fingerprint density at radius 1 is 1.36 bits per heavy atom. The van der Waals surface area contributed by atoms with Gasteiger partial charge in [-0.2, -0.15) is 11.3 Å². The van der Waals surface area contributed by atoms with Gasteiger partial charge < -0.3 is 19.8 Å². The number of rotatable bonds is 10. The first kappa shape index (κ1) is 16.7. The Hall–Kier alpha value is -1.70. The number of amides is 1. The molecular weight excluding hydrogens is 302 g/mol. The molecule has 0 bridgehead atoms. The number of hydrogen-bond donors (Lipinski definition) is 2. The number of H-pyrrole nitrogens is 1. The summed E-state index contributed by atoms with van der Waals surface area (Å²) >= 11 is 1.66. The Morgan fingerprint density at radius 3 is 3.05 bits per heavy atom. The van der Waals surface area contributed by atoms with E-state index >= 15 is 0 Å². The number of methoxy groups -OCH3 is 1. The molecule has 2 heterocycles. The van der Waals surface area contributed by atoms with Crippen molar-refractivity contribution in [3.8, 4) is 0 Å². The average Bonchev–Trinajstić information content (AvgIpc) is 3.18. The minimum Gasteiger partial charge on any atom is -0.382 e. The van der Waals surface area contributed by atoms with Crippen LogP contribution in [-0.4, -0.2) is 49.4 Å². The van der Waals surface area contributed by atoms with Gasteiger partial charge in [0.2, 0.25) is 0 Å². The van der Waals surface area contributed by atoms with Crippen molar-refractivity contribution in [3.05, 3.63) is 40.1 Å². The van der Waals surface area contributed by atoms with E-state index in [0.717, 1.165) is 12.2 Å². The number of imidazole rings is 1. The van der Waals surface area contributed by atoms with Crippen molar-refractivity contribution in [2.24, 2.45) is 0 Å². The van der Waals surface area contributed by atoms with E-state index in [4.69, 9.17) is 9.47 Å². The summed E-state index contributed by atoms with van der Waals surface area (Å²) in [4.78, 5) is 19.2. The Kier molecular flexibility index (Phi) is 7.08. The maximum atomic E-state index is 12.0. The topological polar surface area (TPSA) is 76.2 Å². The Bertz CT molecular complexity index is 554. The number of thiophene rings is 1. The fourth-order valence-electron chi connectivity index (χ4n) is 1.87. The van der Waals surface area contributed by atoms with Crippen LogP contribution in [0.25, 0.3) is 0 Å². The van der Waals surface area contributed by atoms with Gasteiger partial charge in [-0.3, -0.25) is 4.79 Å². The summed E-state index contributed by atoms with van der Waals surface area (Å²) in [5.74, 6) is 0.620. The van der Waals surface area contributed by atoms with Crippen LogP contribution in [0.5, 0.6) is 0 Å². The molecule has 0 atom stereocenters. The SMILES string of the molecule is COCCOCCc1ncc(C(=O)NCCc2ccsc2)[nH]1. The molecule has 2 N–H and O–H groups in total. The van der Waals surface area contributed by atoms with Crippen LogP contribution in [0.4, 0.5) is 0 Å². The van der Waals surface area contributed by atoms with E-state index < -0.39 is 0 Å². The summed E-state index contributed by atoms with van der Waals surface area (Å²) in [5.41, 5.74) is 1.72. The number of nitrogens with zero attached hydrogens (tertiary/aromatic N) is 1. The van der Waals surface area contributed by atoms with Crippen LogP contribution in [0.15, 0.2) is 23.0 Å². The van der Waals surface area contributed by atoms with Crippen molar-refractivity contribution in [3.63, 3.8) is 0 Å². The second kappa shape index (κ2) is 9.34. The molecule has 0 fully saturated rings. The van der Waals surface area contributed by atoms with Gasteiger partial charge in [0.15, 0.2) is 0 Å². The Balaban J connectivity index is 1.67. The first-order chi connectivity index (χ1) is 10.8. The second-order valence-corrected chi connectivity index (χ2v) is 5.52. The van der Waals surface area contributed by atoms with Gasteiger partial charge >= 0.3 is 0 Å². The van der Waals surface area contributed by atoms with E-state index in [1.807, 2.05) is 5.38 Å². The van der Waals surface area contributed by atoms with Crippen LogP contribution in [0, 0.1) is 0 Å². The van der Waals surface area contributed by atoms with Crippen molar-refractivity contribution >= 4 is 17.2 Å². The molecule has 22 heavy (non-hydrogen) atoms. The average molecular weight is 323 g/mol. The van der Waals surface area contributed by atoms with E-state index in [1.165, 1.54) is 5.56 Å². The lowest BCUT2D eigenvalue weighted by atomic mass is 10.2. The van der Waals surface area contributed by atoms with Gasteiger partial charge in [0.05, 0.1) is 26.0 Å². The number of carbonyl (C=O) groups excluding carboxylic acids is 1. The zero-order valence-electron chi connectivity index (χ0n) is 12.6. The maximum Gasteiger partial charge on any atom is 0.269 e. The summed E-state index contributed by atoms with van der Waals surface area (Å²) < 4.78 is 10.3. The van der Waals surface area contributed by atoms with Crippen LogP contribution in [0.1, 0.15) is 21.9 Å². The number of hydrogen-bond acceptors (Lipinski definition) is 5. The third kappa shape index (κ3) is 5.59. The number of carbonyl (C=O) groups is 1. The molecule has 0 saturated heterocycles. The quantitative estimate of drug-likeness (QED) is 0.652. The molecule has 120 valence electrons. The van der Waals surface area contributed by atoms with Crippen molar-refractivity contribution in [1.82, 2.24) is 15.3 Å². The first-order valence-electron chi connectivity index (χ1n) is 7.19. The first-order valence-corrected chi connectivity index (χ1v) is 8.13. The highest BCUT2D eigenvalue weighted by molar-refractivity contribution is 7.07. The lowest BCUT2D eigenvalue weighted by Gasteiger charge is -2.03. The normalized spacial score (nSPS) is 10.8. The number of ether oxygens (including phenoxy) is 2. The second-order valence-electron chi connectivity index (χ2n) is 4.74. The molecule has 0 aromatic carbocycles. The molecule has 2 aromatic heterocycles. The Labute approximate surface area is 133 Å². The molecule has 0 aliphatic heterocycles. The molecule has 1 amide bonds. The number of nitrogens with one attached hydrogen (secondary N) is 2. The van der Waals surface area contributed by atoms with Crippen LogP contribution >= 0.6 is 11.3 Å². The van der Waals surface area contributed by atoms with Crippen molar-refractivity contribution in [2.45, 2.75) is 12.8 Å². The van der Waals surface area contributed by atoms with E-state index in [9.17, 15) is 4.79 Å². The zero-order valence-corrected chi connectivity index (χ0v) is 13.4. The minimum absolute atomic E-state index is 0.130. The maximum absolute atomic E-state index is 12.0. The lowest BCUT2D eigenvalue weighted by Crippen LogP contribution is -2.25. The molecule has 2 rings (SSSR count). The lowest BCUT2D eigenvalue weighted by molar-refractivity contribution is 0.0717. The third-order valence-corrected chi connectivity index (χ3v) is 3.80. The van der Waals surface area contributed by atoms with E-state index in [2.05, 4.69) is 26.7 Å². The fourth-order valence-corrected chi connectivity index (χ4v) is 2.57. The summed E-state index contributed by atoms with van der Waals surface area (Å²) in [6.45, 7) is 2.31. The molecule has 0 aliphatic rings. The zero-order chi connectivity index (χ0) is 15.6. The smallest absolute Gasteiger partial charge is 0.269 e. The molecule has 7 heteroatoms. The van der Waals surface area contributed by atoms with Crippen LogP contribution in [0.2, 0.25) is 0 Å². The van der Waals surface area contributed by atoms with Gasteiger partial charge in [-0.1, -0.05) is 0 Å². The molecule has 0 saturated carbocycles. The highest BCUT2D eigenvalue weighted by Crippen LogP contribution is 2.06. The summed E-state index contributed by atoms with van der Waals surface area (Å²) in [6, 6.07) is 2.06. The van der Waals surface area contributed by atoms with Gasteiger partial charge in [0.1, 0.15) is 11.5 Å². The summed E-state index contributed by atoms with van der Waals surface area (Å²) in [7, 11) is 1.64. The number of aromatic amines is 1. The largest absolute Gasteiger partial charge is 0.382 e. The highest BCUT2D eigenvalue weighted by Gasteiger charge is 2.09. The molecule has 6 nitrogen and oxygen atoms in total. The van der Waals surface area contributed by atoms with Crippen molar-refractivity contribution in [1.29, 1.82) is 0 Å². The van der Waals surface area contributed by atoms with Gasteiger partial charge in [-0.05, 0) is 28.8 Å². The molecular formula is C15H21N3O3S. The third-order valence-electron chi connectivity index (χ3n) is 3.07. The van der Waals surface area contributed by atoms with Crippen molar-refractivity contribution < 1.29 is 14.3 Å². The van der Waals surface area contributed by atoms with Crippen LogP contribution < -0.4 is 5.32 Å². The molecule has 0 aliphatic carbocycles. The van der Waals surface area contributed by atoms with Gasteiger partial charge in [-0.25, -0.2) is 4.98 Å². The molecule has 2 aromatic rings. The standard InChI is InChI=1S/C15H21N3O3S/c1-20-7-8-21-6-3-14-17-10-13(18-14)15(19)16-5-2-12-4-9-22-11-12/h4,9-11H,2-3,5-8H2,1H3,(H,16,19)(H,17,18). The Morgan fingerprint density at radius 2 is 2.27 bits per heavy atom. The minimum atomic E-state index is -0.130. The van der Waals surface area contributed by atoms with E-state index in [1.54, 1.807) is 24.6 Å². The molecule has 0 spiro atoms. The summed E-state index contributed by atoms with van der Waals surface area (Å²) in [5, 5.41) is 7.00. The van der Waals surface area contributed by atoms with E-state index in [-0.39, 0.29) is 5.91 Å². The number of aromatic nitrogens is 2. The van der Waals surface area contributed by atoms with Crippen LogP contribution in [0.3, 0.4) is 0 Å². The highest BCUT2D eigenvalue weighted by atomic mass is 32.1. The molecule has 0 unspecified atom stereocenters. The molecule has 0 radical (unpaired) electrons. The van der Waals surface area contributed by atoms with Gasteiger partial charge in [0.25, 0.3) is 5.91 Å². The predicted octanol–water partition coefficient (Wildman–Crippen LogP) is 1.65. The fraction of sp³-hybridized carbons (Fsp3) is 0.467. The van der Waals surface area contributed by atoms with Gasteiger partial charge in [-0.15, -0.1) is 0 Å². The van der Waals surface area contributed by atoms with Crippen LogP contribution in [-0.2, 0) is 22.3 Å². The van der Waals surface area contributed by atoms with Gasteiger partial charge in [0, 0.05) is 20.1 Å². The monoisotopic (exact) mass is 323 g/mol. The summed E-state index contributed by atoms with van der Waals surface area (Å²) in [6.07, 6.45) is 3.04.